The van der Waals surface area contributed by atoms with E-state index in [1.54, 1.807) is 119 Å². The number of aromatic nitrogens is 20. The molecule has 18 heterocycles. The average Bonchev–Trinajstić information content (AvgIpc) is 1.61. The second kappa shape index (κ2) is 55.8. The van der Waals surface area contributed by atoms with E-state index in [1.165, 1.54) is 80.9 Å². The number of hydrogen-bond acceptors (Lipinski definition) is 30. The van der Waals surface area contributed by atoms with E-state index in [1.807, 2.05) is 11.9 Å². The van der Waals surface area contributed by atoms with E-state index in [0.29, 0.717) is 160 Å². The topological polar surface area (TPSA) is 501 Å². The van der Waals surface area contributed by atoms with Gasteiger partial charge in [0, 0.05) is 206 Å². The van der Waals surface area contributed by atoms with Gasteiger partial charge in [-0.25, -0.2) is 57.3 Å². The minimum atomic E-state index is -3.19. The number of H-pyrrole nitrogens is 1. The maximum Gasteiger partial charge on any atom is 1.00 e. The number of imidazole rings is 5. The molecule has 8 aliphatic heterocycles. The number of aromatic amines is 1. The van der Waals surface area contributed by atoms with Crippen LogP contribution in [0.15, 0.2) is 79.6 Å². The van der Waals surface area contributed by atoms with Crippen LogP contribution < -0.4 is 75.1 Å². The van der Waals surface area contributed by atoms with Gasteiger partial charge in [0.05, 0.1) is 76.7 Å². The number of methoxy groups -OCH3 is 2. The van der Waals surface area contributed by atoms with Gasteiger partial charge in [-0.05, 0) is 147 Å². The van der Waals surface area contributed by atoms with Crippen LogP contribution in [-0.4, -0.2) is 274 Å². The zero-order valence-corrected chi connectivity index (χ0v) is 92.0. The molecule has 0 saturated carbocycles. The molecular formula is C95H154AlClILiN20O25S. The molecule has 0 amide bonds. The number of aliphatic hydroxyl groups is 1. The predicted octanol–water partition coefficient (Wildman–Crippen LogP) is 1.70. The zero-order valence-electron chi connectivity index (χ0n) is 89.2. The molecular weight excluding hydrogens is 2050 g/mol. The minimum absolute atomic E-state index is 0. The van der Waals surface area contributed by atoms with Gasteiger partial charge in [0.25, 0.3) is 27.8 Å². The standard InChI is InChI=1S/4C14H20N4O3.C8H14O3.C8H16O.C7H8N4O2.C7H12O3.C7H14O2.CH3ClO2S.CH3I.Al.Li.4H/c2*1-14(4-6-21-7-5-14)8-18-12(19)10-11(15-9-16(10)2)17(3)13(18)20;2*1-14(5-7-21-8-14)4-6-18-12(19)10-11(15-9-16(10)2)17(3)13(18)20;1-8(7(9)10-2)3-5-11-6-4-8;1-3-8(2)4-6-9-7-5-8;1-10-3-8-5-4(10)6(12)9-7(13)11(5)2;1-9-7(8)6-2-4-10-5-3-6;1-7(6-8)2-4-9-5-3-7;1-5(2,3)4;1-2;;;;;;/h4*9H,4-8H2,1-3H3;3-6H2,1-2H3;3-7H2,1-2H3;3H,1-2H3,(H,9,12,13);6H,2-5H2,1H3;8H,2-6H2,1H3;1H3;1H3;;;;;;/q;;;;;;;;;;;;+1;;;;-1. The molecule has 0 spiro atoms. The molecule has 18 rings (SSSR count). The van der Waals surface area contributed by atoms with E-state index in [4.69, 9.17) is 47.7 Å². The van der Waals surface area contributed by atoms with Crippen LogP contribution in [0.25, 0.3) is 55.8 Å². The molecule has 10 aromatic rings. The van der Waals surface area contributed by atoms with Crippen molar-refractivity contribution in [2.24, 2.45) is 114 Å². The second-order valence-electron chi connectivity index (χ2n) is 40.2. The van der Waals surface area contributed by atoms with Crippen LogP contribution >= 0.6 is 33.3 Å². The van der Waals surface area contributed by atoms with Crippen molar-refractivity contribution in [3.63, 3.8) is 0 Å². The van der Waals surface area contributed by atoms with Gasteiger partial charge in [-0.15, -0.1) is 0 Å². The summed E-state index contributed by atoms with van der Waals surface area (Å²) in [6.07, 6.45) is 24.5. The van der Waals surface area contributed by atoms with Crippen molar-refractivity contribution in [3.05, 3.63) is 136 Å². The molecule has 145 heavy (non-hydrogen) atoms. The number of nitrogens with zero attached hydrogens (tertiary/aromatic N) is 19. The van der Waals surface area contributed by atoms with Crippen molar-refractivity contribution in [1.82, 2.24) is 93.8 Å². The first-order valence-electron chi connectivity index (χ1n) is 48.1. The predicted molar refractivity (Wildman–Crippen MR) is 561 cm³/mol. The summed E-state index contributed by atoms with van der Waals surface area (Å²) in [5.74, 6) is -0.122. The first-order chi connectivity index (χ1) is 67.4. The fourth-order valence-electron chi connectivity index (χ4n) is 17.5. The Morgan fingerprint density at radius 2 is 0.683 bits per heavy atom. The molecule has 10 aromatic heterocycles. The Bertz CT molecular complexity index is 6410. The van der Waals surface area contributed by atoms with Gasteiger partial charge in [0.2, 0.25) is 9.05 Å². The Morgan fingerprint density at radius 1 is 0.421 bits per heavy atom. The number of fused-ring (bicyclic) bond motifs is 5. The first-order valence-corrected chi connectivity index (χ1v) is 53.0. The normalized spacial score (nSPS) is 19.5. The number of aliphatic hydroxyl groups excluding tert-OH is 1. The van der Waals surface area contributed by atoms with Gasteiger partial charge in [0.1, 0.15) is 0 Å². The third kappa shape index (κ3) is 33.0. The summed E-state index contributed by atoms with van der Waals surface area (Å²) in [6, 6.07) is 0. The Hall–Kier alpha value is -8.57. The number of rotatable bonds is 14. The van der Waals surface area contributed by atoms with Crippen LogP contribution in [0.3, 0.4) is 0 Å². The molecule has 2 unspecified atom stereocenters. The number of hydrogen-bond donors (Lipinski definition) is 2. The third-order valence-electron chi connectivity index (χ3n) is 28.4. The van der Waals surface area contributed by atoms with E-state index < -0.39 is 20.3 Å². The van der Waals surface area contributed by atoms with Crippen molar-refractivity contribution in [2.75, 3.05) is 138 Å². The summed E-state index contributed by atoms with van der Waals surface area (Å²) in [7, 11) is 21.1. The van der Waals surface area contributed by atoms with Crippen LogP contribution in [0.2, 0.25) is 0 Å². The fourth-order valence-corrected chi connectivity index (χ4v) is 17.5. The van der Waals surface area contributed by atoms with Gasteiger partial charge >= 0.3 is 59.2 Å². The maximum atomic E-state index is 12.7. The molecule has 2 atom stereocenters. The Kier molecular flexibility index (Phi) is 48.1. The van der Waals surface area contributed by atoms with E-state index in [0.717, 1.165) is 136 Å². The minimum Gasteiger partial charge on any atom is -1.00 e. The van der Waals surface area contributed by atoms with Crippen LogP contribution in [0, 0.1) is 43.8 Å². The number of halogens is 2. The first kappa shape index (κ1) is 125. The van der Waals surface area contributed by atoms with Crippen LogP contribution in [0.4, 0.5) is 0 Å². The van der Waals surface area contributed by atoms with E-state index in [-0.39, 0.29) is 133 Å². The smallest absolute Gasteiger partial charge is 1.00 e. The van der Waals surface area contributed by atoms with Gasteiger partial charge < -0.3 is 76.7 Å². The quantitative estimate of drug-likeness (QED) is 0.0514. The fraction of sp³-hybridized carbons (Fsp3) is 0.716. The number of alkyl halides is 1. The molecule has 0 radical (unpaired) electrons. The summed E-state index contributed by atoms with van der Waals surface area (Å²) >= 11 is 2.15. The number of esters is 2. The van der Waals surface area contributed by atoms with Crippen LogP contribution in [-0.2, 0) is 163 Å². The van der Waals surface area contributed by atoms with Crippen LogP contribution in [0.1, 0.15) is 166 Å². The Balaban J connectivity index is 0.000000291. The van der Waals surface area contributed by atoms with Crippen molar-refractivity contribution < 1.29 is 90.8 Å². The molecule has 0 aliphatic carbocycles. The van der Waals surface area contributed by atoms with Crippen molar-refractivity contribution in [3.8, 4) is 0 Å². The largest absolute Gasteiger partial charge is 1.00 e. The zero-order chi connectivity index (χ0) is 106. The molecule has 8 aliphatic rings. The Labute approximate surface area is 884 Å². The number of nitrogens with one attached hydrogen (secondary N) is 1. The Morgan fingerprint density at radius 3 is 0.959 bits per heavy atom. The summed E-state index contributed by atoms with van der Waals surface area (Å²) in [6.45, 7) is 31.0. The van der Waals surface area contributed by atoms with Gasteiger partial charge in [0.15, 0.2) is 73.2 Å². The van der Waals surface area contributed by atoms with E-state index in [9.17, 15) is 66.0 Å². The number of carbonyl (C=O) groups excluding carboxylic acids is 2. The monoisotopic (exact) mass is 2200 g/mol. The number of carbonyl (C=O) groups is 2. The van der Waals surface area contributed by atoms with Gasteiger partial charge in [-0.1, -0.05) is 77.5 Å². The summed E-state index contributed by atoms with van der Waals surface area (Å²) in [4.78, 5) is 169. The summed E-state index contributed by atoms with van der Waals surface area (Å²) in [5.41, 5.74) is 1.61. The molecule has 50 heteroatoms. The molecule has 0 aromatic carbocycles. The summed E-state index contributed by atoms with van der Waals surface area (Å²) < 4.78 is 91.0. The SMILES string of the molecule is CC1(CO)CCOCC1.CCC1(C)CCOCC1.CI.COC(=O)C1(C)CCOCC1.COC(=O)C1CCOCC1.CS(=O)(=O)Cl.Cn1cnc2c1c(=O)[nH]c(=O)n2C.Cn1cnc2c1c(=O)n(CC1(C)CCOCC1)c(=O)n2C.Cn1cnc2c1c(=O)n(CC1(C)CCOCC1)c(=O)n2C.Cn1cnc2c1c(=O)n(CCC1(C)CCOC1)c(=O)n2C.Cn1cnc2c1c(=O)n(CCC1(C)CCOC1)c(=O)n2C.[AlH3].[H-].[Li+]. The summed E-state index contributed by atoms with van der Waals surface area (Å²) in [5, 5.41) is 8.89. The van der Waals surface area contributed by atoms with Crippen LogP contribution in [0.5, 0.6) is 0 Å². The van der Waals surface area contributed by atoms with Crippen molar-refractivity contribution in [2.45, 2.75) is 191 Å². The van der Waals surface area contributed by atoms with Crippen molar-refractivity contribution in [1.29, 1.82) is 0 Å². The van der Waals surface area contributed by atoms with Crippen molar-refractivity contribution >= 4 is 127 Å². The number of aryl methyl sites for hydroxylation is 10. The molecule has 808 valence electrons. The molecule has 45 nitrogen and oxygen atoms in total. The molecule has 0 bridgehead atoms. The van der Waals surface area contributed by atoms with E-state index in [2.05, 4.69) is 116 Å². The maximum absolute atomic E-state index is 12.7. The van der Waals surface area contributed by atoms with E-state index >= 15 is 0 Å². The number of ether oxygens (including phenoxy) is 10. The third-order valence-corrected chi connectivity index (χ3v) is 28.4. The molecule has 8 fully saturated rings. The van der Waals surface area contributed by atoms with Gasteiger partial charge in [-0.2, -0.15) is 0 Å². The molecule has 2 N–H and O–H groups in total. The molecule has 8 saturated heterocycles. The second-order valence-corrected chi connectivity index (χ2v) is 43.3. The van der Waals surface area contributed by atoms with Gasteiger partial charge in [-0.3, -0.25) is 79.6 Å². The average molecular weight is 2200 g/mol.